The average Bonchev–Trinajstić information content (AvgIpc) is 3.32. The number of aliphatic hydroxyl groups excluding tert-OH is 1. The van der Waals surface area contributed by atoms with Crippen molar-refractivity contribution >= 4 is 22.8 Å². The van der Waals surface area contributed by atoms with Crippen LogP contribution in [0.25, 0.3) is 10.9 Å². The maximum Gasteiger partial charge on any atom is 0.328 e. The van der Waals surface area contributed by atoms with Gasteiger partial charge in [-0.25, -0.2) is 9.18 Å². The van der Waals surface area contributed by atoms with Crippen LogP contribution in [-0.2, 0) is 11.2 Å². The predicted molar refractivity (Wildman–Crippen MR) is 140 cm³/mol. The molecule has 2 N–H and O–H groups in total. The molecule has 1 aromatic carbocycles. The van der Waals surface area contributed by atoms with Gasteiger partial charge in [0, 0.05) is 68.4 Å². The highest BCUT2D eigenvalue weighted by Crippen LogP contribution is 2.50. The second-order valence-electron chi connectivity index (χ2n) is 11.0. The Morgan fingerprint density at radius 3 is 2.66 bits per heavy atom. The quantitative estimate of drug-likeness (QED) is 0.585. The van der Waals surface area contributed by atoms with Gasteiger partial charge < -0.3 is 19.7 Å². The minimum absolute atomic E-state index is 0.123. The van der Waals surface area contributed by atoms with E-state index in [0.29, 0.717) is 31.4 Å². The normalized spacial score (nSPS) is 28.2. The molecule has 2 aromatic rings. The minimum atomic E-state index is -1.12. The summed E-state index contributed by atoms with van der Waals surface area (Å²) < 4.78 is 19.8. The van der Waals surface area contributed by atoms with Crippen LogP contribution in [0.2, 0.25) is 0 Å². The molecule has 3 amide bonds. The van der Waals surface area contributed by atoms with Crippen LogP contribution in [0.4, 0.5) is 9.18 Å². The monoisotopic (exact) mass is 523 g/mol. The van der Waals surface area contributed by atoms with Gasteiger partial charge in [-0.1, -0.05) is 18.2 Å². The molecule has 2 fully saturated rings. The van der Waals surface area contributed by atoms with Gasteiger partial charge in [0.2, 0.25) is 0 Å². The van der Waals surface area contributed by atoms with E-state index in [4.69, 9.17) is 4.74 Å². The maximum atomic E-state index is 14.6. The molecule has 2 saturated heterocycles. The first-order valence-electron chi connectivity index (χ1n) is 13.2. The fourth-order valence-corrected chi connectivity index (χ4v) is 6.40. The van der Waals surface area contributed by atoms with E-state index in [1.54, 1.807) is 17.0 Å². The summed E-state index contributed by atoms with van der Waals surface area (Å²) in [6.07, 6.45) is 5.63. The number of benzene rings is 1. The van der Waals surface area contributed by atoms with Crippen molar-refractivity contribution in [3.8, 4) is 5.75 Å². The second kappa shape index (κ2) is 9.21. The van der Waals surface area contributed by atoms with Crippen LogP contribution in [0.1, 0.15) is 30.6 Å². The lowest BCUT2D eigenvalue weighted by Crippen LogP contribution is -2.53. The molecule has 0 spiro atoms. The molecule has 1 aromatic heterocycles. The Bertz CT molecular complexity index is 1360. The predicted octanol–water partition coefficient (Wildman–Crippen LogP) is 2.43. The van der Waals surface area contributed by atoms with Gasteiger partial charge in [0.15, 0.2) is 11.6 Å². The van der Waals surface area contributed by atoms with Crippen LogP contribution in [0, 0.1) is 5.82 Å². The van der Waals surface area contributed by atoms with Crippen LogP contribution < -0.4 is 4.74 Å². The van der Waals surface area contributed by atoms with E-state index in [0.717, 1.165) is 48.4 Å². The molecular weight excluding hydrogens is 489 g/mol. The lowest BCUT2D eigenvalue weighted by Gasteiger charge is -2.43. The largest absolute Gasteiger partial charge is 0.494 e. The van der Waals surface area contributed by atoms with Gasteiger partial charge in [-0.2, -0.15) is 0 Å². The molecule has 6 rings (SSSR count). The number of amides is 3. The molecule has 38 heavy (non-hydrogen) atoms. The molecule has 202 valence electrons. The van der Waals surface area contributed by atoms with E-state index in [9.17, 15) is 19.1 Å². The Balaban J connectivity index is 1.41. The Kier molecular flexibility index (Phi) is 6.08. The Labute approximate surface area is 221 Å². The number of hydrogen-bond acceptors (Lipinski definition) is 6. The molecule has 0 saturated carbocycles. The van der Waals surface area contributed by atoms with Crippen LogP contribution in [0.3, 0.4) is 0 Å². The van der Waals surface area contributed by atoms with Crippen LogP contribution in [0.5, 0.6) is 5.75 Å². The van der Waals surface area contributed by atoms with Crippen molar-refractivity contribution in [1.82, 2.24) is 24.6 Å². The molecule has 9 nitrogen and oxygen atoms in total. The van der Waals surface area contributed by atoms with E-state index in [2.05, 4.69) is 21.8 Å². The number of piperazine rings is 1. The third-order valence-corrected chi connectivity index (χ3v) is 8.56. The number of hydrogen-bond donors (Lipinski definition) is 2. The van der Waals surface area contributed by atoms with Gasteiger partial charge in [-0.3, -0.25) is 19.5 Å². The average molecular weight is 524 g/mol. The number of imide groups is 1. The van der Waals surface area contributed by atoms with E-state index >= 15 is 0 Å². The molecule has 3 atom stereocenters. The highest BCUT2D eigenvalue weighted by molar-refractivity contribution is 6.08. The number of urea groups is 1. The van der Waals surface area contributed by atoms with E-state index in [1.807, 2.05) is 19.1 Å². The first kappa shape index (κ1) is 25.1. The maximum absolute atomic E-state index is 14.6. The summed E-state index contributed by atoms with van der Waals surface area (Å²) in [4.78, 5) is 38.9. The second-order valence-corrected chi connectivity index (χ2v) is 11.0. The third-order valence-electron chi connectivity index (χ3n) is 8.56. The fraction of sp³-hybridized carbons (Fsp3) is 0.500. The molecule has 0 radical (unpaired) electrons. The number of aromatic nitrogens is 1. The SMILES string of the molecule is COc1cc2c3c([nH]c2cc1F)[C@@H](C1=CC(O)CC=C1)N1C(=O)N(CCN2CCN(C)CC2)C(=O)[C@]1(C)C3. The van der Waals surface area contributed by atoms with Crippen molar-refractivity contribution in [3.63, 3.8) is 0 Å². The van der Waals surface area contributed by atoms with Gasteiger partial charge in [-0.15, -0.1) is 0 Å². The smallest absolute Gasteiger partial charge is 0.328 e. The van der Waals surface area contributed by atoms with Crippen molar-refractivity contribution in [1.29, 1.82) is 0 Å². The van der Waals surface area contributed by atoms with Gasteiger partial charge in [0.25, 0.3) is 5.91 Å². The van der Waals surface area contributed by atoms with Crippen molar-refractivity contribution < 1.29 is 23.8 Å². The standard InChI is InChI=1S/C28H34FN5O4/c1-28-16-20-19-14-23(38-3)21(29)15-22(19)30-24(20)25(17-5-4-6-18(35)13-17)34(28)27(37)33(26(28)36)12-11-32-9-7-31(2)8-10-32/h4-5,13-15,18,25,30,35H,6-12,16H2,1-3H3/t18?,25-,28+/m1/s1. The van der Waals surface area contributed by atoms with Crippen LogP contribution in [0.15, 0.2) is 35.9 Å². The zero-order valence-corrected chi connectivity index (χ0v) is 22.0. The summed E-state index contributed by atoms with van der Waals surface area (Å²) in [7, 11) is 3.52. The van der Waals surface area contributed by atoms with Crippen molar-refractivity contribution in [3.05, 3.63) is 53.0 Å². The number of carbonyl (C=O) groups excluding carboxylic acids is 2. The van der Waals surface area contributed by atoms with Crippen LogP contribution in [-0.4, -0.2) is 107 Å². The first-order valence-corrected chi connectivity index (χ1v) is 13.2. The number of aliphatic hydroxyl groups is 1. The van der Waals surface area contributed by atoms with E-state index in [-0.39, 0.29) is 17.7 Å². The van der Waals surface area contributed by atoms with Gasteiger partial charge in [0.05, 0.1) is 13.2 Å². The number of rotatable bonds is 5. The lowest BCUT2D eigenvalue weighted by molar-refractivity contribution is -0.133. The number of likely N-dealkylation sites (N-methyl/N-ethyl adjacent to an activating group) is 1. The molecular formula is C28H34FN5O4. The molecule has 1 aliphatic carbocycles. The van der Waals surface area contributed by atoms with Gasteiger partial charge >= 0.3 is 6.03 Å². The number of nitrogens with one attached hydrogen (secondary N) is 1. The summed E-state index contributed by atoms with van der Waals surface area (Å²) in [6.45, 7) is 6.51. The number of aromatic amines is 1. The molecule has 1 unspecified atom stereocenters. The fourth-order valence-electron chi connectivity index (χ4n) is 6.40. The molecule has 0 bridgehead atoms. The number of fused-ring (bicyclic) bond motifs is 4. The topological polar surface area (TPSA) is 92.3 Å². The number of halogens is 1. The summed E-state index contributed by atoms with van der Waals surface area (Å²) in [5, 5.41) is 11.2. The Morgan fingerprint density at radius 1 is 1.18 bits per heavy atom. The van der Waals surface area contributed by atoms with Crippen molar-refractivity contribution in [2.24, 2.45) is 0 Å². The molecule has 4 aliphatic rings. The third kappa shape index (κ3) is 3.85. The number of ether oxygens (including phenoxy) is 1. The number of nitrogens with zero attached hydrogens (tertiary/aromatic N) is 4. The van der Waals surface area contributed by atoms with Crippen LogP contribution >= 0.6 is 0 Å². The number of carbonyl (C=O) groups is 2. The molecule has 3 aliphatic heterocycles. The lowest BCUT2D eigenvalue weighted by atomic mass is 9.80. The highest BCUT2D eigenvalue weighted by Gasteiger charge is 2.60. The van der Waals surface area contributed by atoms with Crippen molar-refractivity contribution in [2.45, 2.75) is 37.5 Å². The molecule has 10 heteroatoms. The number of methoxy groups -OCH3 is 1. The molecule has 4 heterocycles. The van der Waals surface area contributed by atoms with Gasteiger partial charge in [0.1, 0.15) is 11.6 Å². The number of H-pyrrole nitrogens is 1. The summed E-state index contributed by atoms with van der Waals surface area (Å²) in [5.41, 5.74) is 1.79. The van der Waals surface area contributed by atoms with Crippen molar-refractivity contribution in [2.75, 3.05) is 53.4 Å². The zero-order valence-electron chi connectivity index (χ0n) is 22.0. The summed E-state index contributed by atoms with van der Waals surface area (Å²) >= 11 is 0. The Hall–Kier alpha value is -3.21. The summed E-state index contributed by atoms with van der Waals surface area (Å²) in [6, 6.07) is 2.09. The first-order chi connectivity index (χ1) is 18.2. The van der Waals surface area contributed by atoms with E-state index < -0.39 is 23.5 Å². The zero-order chi connectivity index (χ0) is 26.8. The Morgan fingerprint density at radius 2 is 1.95 bits per heavy atom. The highest BCUT2D eigenvalue weighted by atomic mass is 19.1. The van der Waals surface area contributed by atoms with Gasteiger partial charge in [-0.05, 0) is 37.6 Å². The minimum Gasteiger partial charge on any atom is -0.494 e. The summed E-state index contributed by atoms with van der Waals surface area (Å²) in [5.74, 6) is -0.591. The van der Waals surface area contributed by atoms with E-state index in [1.165, 1.54) is 18.1 Å².